The van der Waals surface area contributed by atoms with E-state index in [1.54, 1.807) is 6.26 Å². The van der Waals surface area contributed by atoms with Crippen LogP contribution < -0.4 is 5.32 Å². The largest absolute Gasteiger partial charge is 0.468 e. The smallest absolute Gasteiger partial charge is 0.246 e. The third kappa shape index (κ3) is 3.79. The van der Waals surface area contributed by atoms with Gasteiger partial charge in [0.1, 0.15) is 12.4 Å². The first-order valence-electron chi connectivity index (χ1n) is 6.38. The quantitative estimate of drug-likeness (QED) is 0.758. The van der Waals surface area contributed by atoms with Crippen molar-refractivity contribution in [1.82, 2.24) is 10.2 Å². The van der Waals surface area contributed by atoms with Gasteiger partial charge in [0.25, 0.3) is 0 Å². The SMILES string of the molecule is COCC(=O)N[C@H]1C[C@@H](CO)N(Cc2ccco2)C1. The van der Waals surface area contributed by atoms with Crippen LogP contribution in [0.15, 0.2) is 22.8 Å². The van der Waals surface area contributed by atoms with E-state index in [0.29, 0.717) is 13.1 Å². The second kappa shape index (κ2) is 6.70. The lowest BCUT2D eigenvalue weighted by atomic mass is 10.2. The van der Waals surface area contributed by atoms with Gasteiger partial charge in [-0.2, -0.15) is 0 Å². The second-order valence-electron chi connectivity index (χ2n) is 4.78. The van der Waals surface area contributed by atoms with Crippen molar-refractivity contribution in [3.8, 4) is 0 Å². The molecule has 1 fully saturated rings. The van der Waals surface area contributed by atoms with Gasteiger partial charge in [0.2, 0.25) is 5.91 Å². The first-order chi connectivity index (χ1) is 9.22. The van der Waals surface area contributed by atoms with Crippen molar-refractivity contribution in [2.75, 3.05) is 26.9 Å². The summed E-state index contributed by atoms with van der Waals surface area (Å²) >= 11 is 0. The number of likely N-dealkylation sites (tertiary alicyclic amines) is 1. The molecule has 2 N–H and O–H groups in total. The van der Waals surface area contributed by atoms with Crippen LogP contribution >= 0.6 is 0 Å². The topological polar surface area (TPSA) is 74.9 Å². The van der Waals surface area contributed by atoms with Gasteiger partial charge in [-0.05, 0) is 18.6 Å². The Morgan fingerprint density at radius 1 is 1.68 bits per heavy atom. The van der Waals surface area contributed by atoms with Crippen LogP contribution in [0.25, 0.3) is 0 Å². The van der Waals surface area contributed by atoms with Gasteiger partial charge >= 0.3 is 0 Å². The predicted octanol–water partition coefficient (Wildman–Crippen LogP) is -0.0226. The van der Waals surface area contributed by atoms with Crippen molar-refractivity contribution < 1.29 is 19.1 Å². The van der Waals surface area contributed by atoms with Gasteiger partial charge in [0.15, 0.2) is 0 Å². The molecule has 1 aromatic rings. The summed E-state index contributed by atoms with van der Waals surface area (Å²) < 4.78 is 10.1. The molecule has 106 valence electrons. The van der Waals surface area contributed by atoms with Crippen LogP contribution in [-0.4, -0.2) is 54.9 Å². The molecule has 0 aromatic carbocycles. The number of nitrogens with one attached hydrogen (secondary N) is 1. The number of hydrogen-bond donors (Lipinski definition) is 2. The average molecular weight is 268 g/mol. The van der Waals surface area contributed by atoms with E-state index in [-0.39, 0.29) is 31.2 Å². The summed E-state index contributed by atoms with van der Waals surface area (Å²) in [5.41, 5.74) is 0. The molecule has 1 aliphatic heterocycles. The maximum Gasteiger partial charge on any atom is 0.246 e. The Hall–Kier alpha value is -1.37. The standard InChI is InChI=1S/C13H20N2O4/c1-18-9-13(17)14-10-5-11(8-16)15(6-10)7-12-3-2-4-19-12/h2-4,10-11,16H,5-9H2,1H3,(H,14,17)/t10-,11-/m0/s1. The number of aliphatic hydroxyl groups excluding tert-OH is 1. The van der Waals surface area contributed by atoms with E-state index in [4.69, 9.17) is 9.15 Å². The van der Waals surface area contributed by atoms with Gasteiger partial charge in [0.05, 0.1) is 19.4 Å². The molecular formula is C13H20N2O4. The van der Waals surface area contributed by atoms with Crippen LogP contribution in [0.3, 0.4) is 0 Å². The van der Waals surface area contributed by atoms with E-state index in [9.17, 15) is 9.90 Å². The Bertz CT molecular complexity index is 393. The number of carbonyl (C=O) groups is 1. The number of furan rings is 1. The number of nitrogens with zero attached hydrogens (tertiary/aromatic N) is 1. The molecular weight excluding hydrogens is 248 g/mol. The summed E-state index contributed by atoms with van der Waals surface area (Å²) in [4.78, 5) is 13.6. The van der Waals surface area contributed by atoms with E-state index in [2.05, 4.69) is 10.2 Å². The molecule has 1 aromatic heterocycles. The van der Waals surface area contributed by atoms with E-state index in [0.717, 1.165) is 12.2 Å². The Balaban J connectivity index is 1.88. The fourth-order valence-corrected chi connectivity index (χ4v) is 2.48. The predicted molar refractivity (Wildman–Crippen MR) is 68.4 cm³/mol. The lowest BCUT2D eigenvalue weighted by molar-refractivity contribution is -0.125. The first-order valence-corrected chi connectivity index (χ1v) is 6.38. The summed E-state index contributed by atoms with van der Waals surface area (Å²) in [6, 6.07) is 3.86. The number of hydrogen-bond acceptors (Lipinski definition) is 5. The van der Waals surface area contributed by atoms with E-state index in [1.807, 2.05) is 12.1 Å². The Morgan fingerprint density at radius 3 is 3.16 bits per heavy atom. The zero-order valence-electron chi connectivity index (χ0n) is 11.0. The van der Waals surface area contributed by atoms with E-state index >= 15 is 0 Å². The number of amides is 1. The monoisotopic (exact) mass is 268 g/mol. The summed E-state index contributed by atoms with van der Waals surface area (Å²) in [6.07, 6.45) is 2.38. The van der Waals surface area contributed by atoms with Crippen LogP contribution in [0, 0.1) is 0 Å². The number of carbonyl (C=O) groups excluding carboxylic acids is 1. The Morgan fingerprint density at radius 2 is 2.53 bits per heavy atom. The zero-order chi connectivity index (χ0) is 13.7. The highest BCUT2D eigenvalue weighted by atomic mass is 16.5. The Kier molecular flexibility index (Phi) is 4.95. The average Bonchev–Trinajstić information content (AvgIpc) is 3.00. The molecule has 0 unspecified atom stereocenters. The molecule has 19 heavy (non-hydrogen) atoms. The van der Waals surface area contributed by atoms with Crippen LogP contribution in [0.4, 0.5) is 0 Å². The van der Waals surface area contributed by atoms with Gasteiger partial charge in [-0.1, -0.05) is 0 Å². The molecule has 6 heteroatoms. The van der Waals surface area contributed by atoms with Crippen molar-refractivity contribution in [1.29, 1.82) is 0 Å². The van der Waals surface area contributed by atoms with Crippen molar-refractivity contribution in [2.24, 2.45) is 0 Å². The molecule has 2 atom stereocenters. The highest BCUT2D eigenvalue weighted by Crippen LogP contribution is 2.20. The highest BCUT2D eigenvalue weighted by Gasteiger charge is 2.32. The fraction of sp³-hybridized carbons (Fsp3) is 0.615. The number of aliphatic hydroxyl groups is 1. The lowest BCUT2D eigenvalue weighted by Gasteiger charge is -2.20. The first kappa shape index (κ1) is 14.0. The van der Waals surface area contributed by atoms with Gasteiger partial charge in [0, 0.05) is 25.7 Å². The van der Waals surface area contributed by atoms with Gasteiger partial charge in [-0.25, -0.2) is 0 Å². The van der Waals surface area contributed by atoms with Crippen molar-refractivity contribution in [2.45, 2.75) is 25.0 Å². The summed E-state index contributed by atoms with van der Waals surface area (Å²) in [7, 11) is 1.49. The molecule has 1 saturated heterocycles. The summed E-state index contributed by atoms with van der Waals surface area (Å²) in [5, 5.41) is 12.3. The van der Waals surface area contributed by atoms with Crippen LogP contribution in [0.5, 0.6) is 0 Å². The van der Waals surface area contributed by atoms with E-state index in [1.165, 1.54) is 7.11 Å². The number of ether oxygens (including phenoxy) is 1. The molecule has 0 saturated carbocycles. The van der Waals surface area contributed by atoms with Crippen LogP contribution in [-0.2, 0) is 16.1 Å². The van der Waals surface area contributed by atoms with Crippen LogP contribution in [0.1, 0.15) is 12.2 Å². The van der Waals surface area contributed by atoms with Crippen molar-refractivity contribution in [3.05, 3.63) is 24.2 Å². The molecule has 0 radical (unpaired) electrons. The molecule has 1 amide bonds. The minimum Gasteiger partial charge on any atom is -0.468 e. The molecule has 0 spiro atoms. The van der Waals surface area contributed by atoms with Crippen molar-refractivity contribution in [3.63, 3.8) is 0 Å². The molecule has 6 nitrogen and oxygen atoms in total. The maximum atomic E-state index is 11.5. The summed E-state index contributed by atoms with van der Waals surface area (Å²) in [6.45, 7) is 1.51. The normalized spacial score (nSPS) is 23.7. The minimum atomic E-state index is -0.121. The van der Waals surface area contributed by atoms with Gasteiger partial charge < -0.3 is 19.6 Å². The van der Waals surface area contributed by atoms with Gasteiger partial charge in [-0.15, -0.1) is 0 Å². The van der Waals surface area contributed by atoms with Crippen molar-refractivity contribution >= 4 is 5.91 Å². The molecule has 2 heterocycles. The van der Waals surface area contributed by atoms with E-state index < -0.39 is 0 Å². The number of rotatable bonds is 6. The number of methoxy groups -OCH3 is 1. The maximum absolute atomic E-state index is 11.5. The van der Waals surface area contributed by atoms with Crippen LogP contribution in [0.2, 0.25) is 0 Å². The minimum absolute atomic E-state index is 0.0507. The molecule has 0 bridgehead atoms. The highest BCUT2D eigenvalue weighted by molar-refractivity contribution is 5.77. The zero-order valence-corrected chi connectivity index (χ0v) is 11.0. The lowest BCUT2D eigenvalue weighted by Crippen LogP contribution is -2.38. The molecule has 1 aliphatic rings. The third-order valence-electron chi connectivity index (χ3n) is 3.32. The second-order valence-corrected chi connectivity index (χ2v) is 4.78. The van der Waals surface area contributed by atoms with Gasteiger partial charge in [-0.3, -0.25) is 9.69 Å². The Labute approximate surface area is 112 Å². The fourth-order valence-electron chi connectivity index (χ4n) is 2.48. The molecule has 2 rings (SSSR count). The third-order valence-corrected chi connectivity index (χ3v) is 3.32. The summed E-state index contributed by atoms with van der Waals surface area (Å²) in [5.74, 6) is 0.742. The molecule has 0 aliphatic carbocycles.